The monoisotopic (exact) mass is 470 g/mol. The third-order valence-corrected chi connectivity index (χ3v) is 5.27. The second-order valence-corrected chi connectivity index (χ2v) is 7.91. The van der Waals surface area contributed by atoms with E-state index in [0.717, 1.165) is 30.6 Å². The molecule has 1 fully saturated rings. The van der Waals surface area contributed by atoms with Gasteiger partial charge < -0.3 is 9.47 Å². The van der Waals surface area contributed by atoms with Gasteiger partial charge in [-0.1, -0.05) is 37.8 Å². The van der Waals surface area contributed by atoms with Gasteiger partial charge in [-0.25, -0.2) is 9.69 Å². The van der Waals surface area contributed by atoms with Gasteiger partial charge in [0.05, 0.1) is 18.9 Å². The number of anilines is 1. The van der Waals surface area contributed by atoms with Gasteiger partial charge in [-0.05, 0) is 61.9 Å². The number of ether oxygens (including phenoxy) is 2. The van der Waals surface area contributed by atoms with Crippen LogP contribution in [0, 0.1) is 0 Å². The molecule has 1 saturated heterocycles. The number of imide groups is 2. The predicted molar refractivity (Wildman–Crippen MR) is 128 cm³/mol. The van der Waals surface area contributed by atoms with Crippen molar-refractivity contribution in [3.63, 3.8) is 0 Å². The number of nitrogens with one attached hydrogen (secondary N) is 1. The summed E-state index contributed by atoms with van der Waals surface area (Å²) in [4.78, 5) is 39.0. The summed E-state index contributed by atoms with van der Waals surface area (Å²) in [6, 6.07) is 10.7. The number of carbonyl (C=O) groups is 3. The van der Waals surface area contributed by atoms with Crippen LogP contribution in [0.4, 0.5) is 10.5 Å². The third-order valence-electron chi connectivity index (χ3n) is 5.03. The zero-order valence-corrected chi connectivity index (χ0v) is 19.5. The second kappa shape index (κ2) is 11.5. The molecule has 7 nitrogen and oxygen atoms in total. The Morgan fingerprint density at radius 2 is 1.73 bits per heavy atom. The minimum Gasteiger partial charge on any atom is -0.494 e. The molecule has 0 unspecified atom stereocenters. The fourth-order valence-electron chi connectivity index (χ4n) is 3.38. The zero-order chi connectivity index (χ0) is 23.8. The van der Waals surface area contributed by atoms with Crippen molar-refractivity contribution in [2.45, 2.75) is 39.5 Å². The summed E-state index contributed by atoms with van der Waals surface area (Å²) in [6.07, 6.45) is 5.61. The van der Waals surface area contributed by atoms with Gasteiger partial charge in [0, 0.05) is 10.6 Å². The van der Waals surface area contributed by atoms with Crippen LogP contribution in [-0.2, 0) is 9.59 Å². The van der Waals surface area contributed by atoms with Crippen molar-refractivity contribution in [2.24, 2.45) is 0 Å². The average molecular weight is 471 g/mol. The summed E-state index contributed by atoms with van der Waals surface area (Å²) in [7, 11) is 0. The largest absolute Gasteiger partial charge is 0.494 e. The smallest absolute Gasteiger partial charge is 0.335 e. The topological polar surface area (TPSA) is 84.9 Å². The highest BCUT2D eigenvalue weighted by atomic mass is 35.5. The summed E-state index contributed by atoms with van der Waals surface area (Å²) in [5, 5.41) is 2.66. The molecule has 4 amide bonds. The maximum absolute atomic E-state index is 13.2. The Balaban J connectivity index is 1.87. The first-order chi connectivity index (χ1) is 15.9. The van der Waals surface area contributed by atoms with Crippen LogP contribution >= 0.6 is 11.6 Å². The minimum atomic E-state index is -0.815. The first-order valence-corrected chi connectivity index (χ1v) is 11.4. The Morgan fingerprint density at radius 1 is 0.970 bits per heavy atom. The van der Waals surface area contributed by atoms with E-state index >= 15 is 0 Å². The van der Waals surface area contributed by atoms with Crippen LogP contribution in [0.3, 0.4) is 0 Å². The second-order valence-electron chi connectivity index (χ2n) is 7.48. The molecule has 0 bridgehead atoms. The number of urea groups is 1. The molecule has 33 heavy (non-hydrogen) atoms. The number of barbiturate groups is 1. The van der Waals surface area contributed by atoms with Gasteiger partial charge in [-0.3, -0.25) is 14.9 Å². The van der Waals surface area contributed by atoms with Gasteiger partial charge in [0.15, 0.2) is 0 Å². The molecule has 0 spiro atoms. The van der Waals surface area contributed by atoms with E-state index < -0.39 is 17.8 Å². The van der Waals surface area contributed by atoms with Crippen molar-refractivity contribution in [3.8, 4) is 11.5 Å². The number of hydrogen-bond acceptors (Lipinski definition) is 5. The maximum atomic E-state index is 13.2. The lowest BCUT2D eigenvalue weighted by Gasteiger charge is -2.26. The lowest BCUT2D eigenvalue weighted by Crippen LogP contribution is -2.54. The van der Waals surface area contributed by atoms with Crippen molar-refractivity contribution >= 4 is 41.2 Å². The van der Waals surface area contributed by atoms with Crippen LogP contribution < -0.4 is 19.7 Å². The molecular weight excluding hydrogens is 444 g/mol. The van der Waals surface area contributed by atoms with E-state index in [0.29, 0.717) is 41.0 Å². The highest BCUT2D eigenvalue weighted by Gasteiger charge is 2.37. The van der Waals surface area contributed by atoms with Crippen molar-refractivity contribution in [1.82, 2.24) is 5.32 Å². The molecule has 0 saturated carbocycles. The van der Waals surface area contributed by atoms with Gasteiger partial charge in [0.25, 0.3) is 11.8 Å². The third kappa shape index (κ3) is 6.14. The fourth-order valence-corrected chi connectivity index (χ4v) is 3.56. The summed E-state index contributed by atoms with van der Waals surface area (Å²) in [5.74, 6) is -0.394. The van der Waals surface area contributed by atoms with Gasteiger partial charge in [0.2, 0.25) is 0 Å². The van der Waals surface area contributed by atoms with E-state index in [1.54, 1.807) is 42.5 Å². The molecule has 1 N–H and O–H groups in total. The number of unbranched alkanes of at least 4 members (excludes halogenated alkanes) is 3. The molecule has 0 aliphatic carbocycles. The van der Waals surface area contributed by atoms with Crippen LogP contribution in [-0.4, -0.2) is 31.1 Å². The highest BCUT2D eigenvalue weighted by Crippen LogP contribution is 2.29. The maximum Gasteiger partial charge on any atom is 0.335 e. The quantitative estimate of drug-likeness (QED) is 0.287. The number of amides is 4. The average Bonchev–Trinajstić information content (AvgIpc) is 2.79. The number of hydrogen-bond donors (Lipinski definition) is 1. The number of benzene rings is 2. The van der Waals surface area contributed by atoms with Crippen LogP contribution in [0.25, 0.3) is 6.08 Å². The van der Waals surface area contributed by atoms with Crippen LogP contribution in [0.1, 0.15) is 45.1 Å². The molecule has 2 aromatic carbocycles. The molecule has 174 valence electrons. The van der Waals surface area contributed by atoms with E-state index in [1.165, 1.54) is 6.08 Å². The van der Waals surface area contributed by atoms with E-state index in [1.807, 2.05) is 6.92 Å². The number of rotatable bonds is 10. The highest BCUT2D eigenvalue weighted by molar-refractivity contribution is 6.39. The first-order valence-electron chi connectivity index (χ1n) is 11.0. The standard InChI is InChI=1S/C25H27ClN2O5/c1-3-5-6-7-14-33-22-13-8-18(26)15-17(22)16-21-23(29)27-25(31)28(24(21)30)19-9-11-20(12-10-19)32-4-2/h8-13,15-16H,3-7,14H2,1-2H3,(H,27,29,31)/b21-16+. The SMILES string of the molecule is CCCCCCOc1ccc(Cl)cc1/C=C1\C(=O)NC(=O)N(c2ccc(OCC)cc2)C1=O. The van der Waals surface area contributed by atoms with Crippen LogP contribution in [0.15, 0.2) is 48.0 Å². The number of halogens is 1. The van der Waals surface area contributed by atoms with Crippen LogP contribution in [0.5, 0.6) is 11.5 Å². The van der Waals surface area contributed by atoms with Crippen molar-refractivity contribution < 1.29 is 23.9 Å². The Bertz CT molecular complexity index is 1050. The Labute approximate surface area is 198 Å². The Morgan fingerprint density at radius 3 is 2.42 bits per heavy atom. The molecule has 1 aliphatic rings. The fraction of sp³-hybridized carbons (Fsp3) is 0.320. The van der Waals surface area contributed by atoms with Crippen molar-refractivity contribution in [1.29, 1.82) is 0 Å². The van der Waals surface area contributed by atoms with Gasteiger partial charge in [-0.15, -0.1) is 0 Å². The summed E-state index contributed by atoms with van der Waals surface area (Å²) in [5.41, 5.74) is 0.608. The summed E-state index contributed by atoms with van der Waals surface area (Å²) < 4.78 is 11.3. The summed E-state index contributed by atoms with van der Waals surface area (Å²) in [6.45, 7) is 5.00. The summed E-state index contributed by atoms with van der Waals surface area (Å²) >= 11 is 6.15. The van der Waals surface area contributed by atoms with Crippen molar-refractivity contribution in [2.75, 3.05) is 18.1 Å². The van der Waals surface area contributed by atoms with Gasteiger partial charge in [-0.2, -0.15) is 0 Å². The molecule has 2 aromatic rings. The number of carbonyl (C=O) groups excluding carboxylic acids is 3. The minimum absolute atomic E-state index is 0.193. The van der Waals surface area contributed by atoms with Gasteiger partial charge >= 0.3 is 6.03 Å². The van der Waals surface area contributed by atoms with Crippen molar-refractivity contribution in [3.05, 3.63) is 58.6 Å². The molecular formula is C25H27ClN2O5. The molecule has 3 rings (SSSR count). The molecule has 8 heteroatoms. The molecule has 0 radical (unpaired) electrons. The van der Waals surface area contributed by atoms with E-state index in [2.05, 4.69) is 12.2 Å². The Kier molecular flexibility index (Phi) is 8.49. The number of nitrogens with zero attached hydrogens (tertiary/aromatic N) is 1. The zero-order valence-electron chi connectivity index (χ0n) is 18.7. The predicted octanol–water partition coefficient (Wildman–Crippen LogP) is 5.36. The lowest BCUT2D eigenvalue weighted by molar-refractivity contribution is -0.122. The van der Waals surface area contributed by atoms with Gasteiger partial charge in [0.1, 0.15) is 17.1 Å². The van der Waals surface area contributed by atoms with E-state index in [4.69, 9.17) is 21.1 Å². The lowest BCUT2D eigenvalue weighted by atomic mass is 10.1. The first kappa shape index (κ1) is 24.3. The van der Waals surface area contributed by atoms with E-state index in [-0.39, 0.29) is 5.57 Å². The van der Waals surface area contributed by atoms with Crippen LogP contribution in [0.2, 0.25) is 5.02 Å². The van der Waals surface area contributed by atoms with E-state index in [9.17, 15) is 14.4 Å². The molecule has 0 atom stereocenters. The Hall–Kier alpha value is -3.32. The normalized spacial score (nSPS) is 15.1. The molecule has 1 aliphatic heterocycles. The molecule has 1 heterocycles. The molecule has 0 aromatic heterocycles.